The van der Waals surface area contributed by atoms with Crippen LogP contribution in [0.3, 0.4) is 0 Å². The van der Waals surface area contributed by atoms with E-state index in [1.54, 1.807) is 5.57 Å². The smallest absolute Gasteiger partial charge is 0.0794 e. The Morgan fingerprint density at radius 3 is 2.52 bits per heavy atom. The summed E-state index contributed by atoms with van der Waals surface area (Å²) in [5.41, 5.74) is 5.52. The van der Waals surface area contributed by atoms with Gasteiger partial charge in [-0.2, -0.15) is 0 Å². The summed E-state index contributed by atoms with van der Waals surface area (Å²) in [5, 5.41) is 0. The Bertz CT molecular complexity index is 1150. The van der Waals surface area contributed by atoms with Gasteiger partial charge in [-0.15, -0.1) is 0 Å². The van der Waals surface area contributed by atoms with Crippen LogP contribution in [0.15, 0.2) is 54.1 Å². The maximum atomic E-state index is 6.82. The number of ether oxygens (including phenoxy) is 1. The van der Waals surface area contributed by atoms with Gasteiger partial charge in [-0.25, -0.2) is 0 Å². The lowest BCUT2D eigenvalue weighted by atomic mass is 9.47. The largest absolute Gasteiger partial charge is 0.370 e. The minimum absolute atomic E-state index is 0.291. The number of fused-ring (bicyclic) bond motifs is 5. The molecular formula is C42H65NO. The van der Waals surface area contributed by atoms with Gasteiger partial charge >= 0.3 is 0 Å². The highest BCUT2D eigenvalue weighted by Crippen LogP contribution is 2.67. The van der Waals surface area contributed by atoms with Gasteiger partial charge in [0, 0.05) is 6.54 Å². The average Bonchev–Trinajstić information content (AvgIpc) is 3.36. The number of hydrogen-bond donors (Lipinski definition) is 0. The molecule has 0 amide bonds. The van der Waals surface area contributed by atoms with E-state index < -0.39 is 0 Å². The van der Waals surface area contributed by atoms with E-state index >= 15 is 0 Å². The van der Waals surface area contributed by atoms with Crippen molar-refractivity contribution in [2.24, 2.45) is 52.3 Å². The Labute approximate surface area is 271 Å². The van der Waals surface area contributed by atoms with Crippen LogP contribution in [0.1, 0.15) is 124 Å². The lowest BCUT2D eigenvalue weighted by Crippen LogP contribution is -2.51. The van der Waals surface area contributed by atoms with Crippen LogP contribution in [0.4, 0.5) is 0 Å². The van der Waals surface area contributed by atoms with Crippen molar-refractivity contribution in [3.8, 4) is 0 Å². The molecule has 2 nitrogen and oxygen atoms in total. The molecule has 4 fully saturated rings. The second-order valence-electron chi connectivity index (χ2n) is 17.3. The molecule has 10 atom stereocenters. The van der Waals surface area contributed by atoms with E-state index in [1.807, 2.05) is 0 Å². The lowest BCUT2D eigenvalue weighted by Gasteiger charge is -2.58. The van der Waals surface area contributed by atoms with Crippen LogP contribution in [-0.4, -0.2) is 30.7 Å². The van der Waals surface area contributed by atoms with Crippen molar-refractivity contribution >= 4 is 0 Å². The minimum Gasteiger partial charge on any atom is -0.370 e. The van der Waals surface area contributed by atoms with E-state index in [0.29, 0.717) is 29.0 Å². The molecule has 1 aromatic rings. The van der Waals surface area contributed by atoms with Crippen molar-refractivity contribution in [3.63, 3.8) is 0 Å². The van der Waals surface area contributed by atoms with Gasteiger partial charge in [0.1, 0.15) is 0 Å². The molecule has 0 N–H and O–H groups in total. The lowest BCUT2D eigenvalue weighted by molar-refractivity contribution is -0.0824. The Morgan fingerprint density at radius 2 is 1.77 bits per heavy atom. The van der Waals surface area contributed by atoms with E-state index in [-0.39, 0.29) is 0 Å². The fraction of sp³-hybridized carbons (Fsp3) is 0.762. The maximum Gasteiger partial charge on any atom is 0.0794 e. The molecule has 0 heterocycles. The van der Waals surface area contributed by atoms with Crippen LogP contribution in [0.25, 0.3) is 0 Å². The zero-order valence-corrected chi connectivity index (χ0v) is 29.3. The molecule has 0 bridgehead atoms. The van der Waals surface area contributed by atoms with Gasteiger partial charge in [0.25, 0.3) is 0 Å². The highest BCUT2D eigenvalue weighted by molar-refractivity contribution is 5.26. The van der Waals surface area contributed by atoms with Gasteiger partial charge in [0.2, 0.25) is 0 Å². The van der Waals surface area contributed by atoms with Crippen LogP contribution in [0.2, 0.25) is 0 Å². The highest BCUT2D eigenvalue weighted by Gasteiger charge is 2.59. The van der Waals surface area contributed by atoms with Gasteiger partial charge in [-0.05, 0) is 141 Å². The monoisotopic (exact) mass is 600 g/mol. The standard InChI is InChI=1S/C42H65NO/c1-29(2)12-11-13-30(3)37-18-19-38-36-17-16-34-27-35(20-23-41(34,5)39(36)21-24-42(37,38)6)44-40-26-33(31(40)4)22-25-43(7)28-32-14-9-8-10-15-32/h8-10,14-16,29-30,33,35-40H,4,11-13,17-28H2,1-3,5-7H3/t30-,33-,35+,36+,37-,38+,39+,40-,41+,42-/m1/s1. The molecular weight excluding hydrogens is 534 g/mol. The first-order chi connectivity index (χ1) is 21.1. The third-order valence-corrected chi connectivity index (χ3v) is 14.2. The second kappa shape index (κ2) is 13.4. The summed E-state index contributed by atoms with van der Waals surface area (Å²) >= 11 is 0. The average molecular weight is 600 g/mol. The van der Waals surface area contributed by atoms with Crippen LogP contribution < -0.4 is 0 Å². The van der Waals surface area contributed by atoms with Gasteiger partial charge < -0.3 is 9.64 Å². The van der Waals surface area contributed by atoms with Crippen molar-refractivity contribution in [1.29, 1.82) is 0 Å². The highest BCUT2D eigenvalue weighted by atomic mass is 16.5. The summed E-state index contributed by atoms with van der Waals surface area (Å²) in [4.78, 5) is 2.45. The second-order valence-corrected chi connectivity index (χ2v) is 17.3. The number of hydrogen-bond acceptors (Lipinski definition) is 2. The van der Waals surface area contributed by atoms with Crippen molar-refractivity contribution in [3.05, 3.63) is 59.7 Å². The Morgan fingerprint density at radius 1 is 0.977 bits per heavy atom. The Hall–Kier alpha value is -1.38. The molecule has 0 radical (unpaired) electrons. The van der Waals surface area contributed by atoms with Crippen LogP contribution >= 0.6 is 0 Å². The van der Waals surface area contributed by atoms with Crippen molar-refractivity contribution in [2.45, 2.75) is 137 Å². The summed E-state index contributed by atoms with van der Waals surface area (Å²) in [6.07, 6.45) is 21.1. The summed E-state index contributed by atoms with van der Waals surface area (Å²) in [5.74, 6) is 6.09. The van der Waals surface area contributed by atoms with E-state index in [9.17, 15) is 0 Å². The molecule has 1 aromatic carbocycles. The van der Waals surface area contributed by atoms with Crippen LogP contribution in [0.5, 0.6) is 0 Å². The van der Waals surface area contributed by atoms with Crippen LogP contribution in [-0.2, 0) is 11.3 Å². The predicted molar refractivity (Wildman–Crippen MR) is 186 cm³/mol. The molecule has 5 aliphatic rings. The Kier molecular flexibility index (Phi) is 9.91. The van der Waals surface area contributed by atoms with E-state index in [4.69, 9.17) is 4.74 Å². The van der Waals surface area contributed by atoms with E-state index in [2.05, 4.69) is 89.6 Å². The van der Waals surface area contributed by atoms with Crippen molar-refractivity contribution in [1.82, 2.24) is 4.90 Å². The summed E-state index contributed by atoms with van der Waals surface area (Å²) in [6.45, 7) is 19.5. The zero-order chi connectivity index (χ0) is 31.1. The molecule has 0 saturated heterocycles. The van der Waals surface area contributed by atoms with Crippen molar-refractivity contribution < 1.29 is 4.74 Å². The first kappa shape index (κ1) is 32.6. The molecule has 244 valence electrons. The van der Waals surface area contributed by atoms with Gasteiger partial charge in [0.05, 0.1) is 12.2 Å². The molecule has 0 aromatic heterocycles. The molecule has 4 saturated carbocycles. The summed E-state index contributed by atoms with van der Waals surface area (Å²) < 4.78 is 6.82. The third-order valence-electron chi connectivity index (χ3n) is 14.2. The first-order valence-electron chi connectivity index (χ1n) is 18.8. The molecule has 6 rings (SSSR count). The number of benzene rings is 1. The van der Waals surface area contributed by atoms with Crippen molar-refractivity contribution in [2.75, 3.05) is 13.6 Å². The molecule has 0 unspecified atom stereocenters. The molecule has 5 aliphatic carbocycles. The number of rotatable bonds is 12. The summed E-state index contributed by atoms with van der Waals surface area (Å²) in [7, 11) is 2.25. The van der Waals surface area contributed by atoms with Gasteiger partial charge in [-0.1, -0.05) is 102 Å². The predicted octanol–water partition coefficient (Wildman–Crippen LogP) is 10.9. The normalized spacial score (nSPS) is 39.0. The SMILES string of the molecule is C=C1[C@H](CCN(C)Cc2ccccc2)C[C@H]1O[C@H]1CC[C@@]2(C)C(=CC[C@H]3[C@@H]4CC[C@H]([C@H](C)CCCC(C)C)[C@@]4(C)CC[C@@H]32)C1. The fourth-order valence-electron chi connectivity index (χ4n) is 11.5. The van der Waals surface area contributed by atoms with Gasteiger partial charge in [0.15, 0.2) is 0 Å². The van der Waals surface area contributed by atoms with Crippen LogP contribution in [0, 0.1) is 52.3 Å². The molecule has 2 heteroatoms. The van der Waals surface area contributed by atoms with Gasteiger partial charge in [-0.3, -0.25) is 0 Å². The number of allylic oxidation sites excluding steroid dienone is 1. The molecule has 0 aliphatic heterocycles. The van der Waals surface area contributed by atoms with E-state index in [0.717, 1.165) is 48.6 Å². The quantitative estimate of drug-likeness (QED) is 0.222. The molecule has 44 heavy (non-hydrogen) atoms. The first-order valence-corrected chi connectivity index (χ1v) is 18.8. The summed E-state index contributed by atoms with van der Waals surface area (Å²) in [6, 6.07) is 10.8. The molecule has 0 spiro atoms. The Balaban J connectivity index is 0.995. The number of nitrogens with zero attached hydrogens (tertiary/aromatic N) is 1. The fourth-order valence-corrected chi connectivity index (χ4v) is 11.5. The minimum atomic E-state index is 0.291. The third kappa shape index (κ3) is 6.43. The topological polar surface area (TPSA) is 12.5 Å². The maximum absolute atomic E-state index is 6.82. The van der Waals surface area contributed by atoms with E-state index in [1.165, 1.54) is 94.6 Å². The zero-order valence-electron chi connectivity index (χ0n) is 29.3.